The zero-order valence-electron chi connectivity index (χ0n) is 17.2. The van der Waals surface area contributed by atoms with Crippen molar-refractivity contribution in [3.05, 3.63) is 51.5 Å². The second-order valence-corrected chi connectivity index (χ2v) is 7.72. The van der Waals surface area contributed by atoms with Gasteiger partial charge in [-0.05, 0) is 17.7 Å². The van der Waals surface area contributed by atoms with E-state index < -0.39 is 0 Å². The molecule has 1 heterocycles. The number of nitrogens with one attached hydrogen (secondary N) is 2. The van der Waals surface area contributed by atoms with Crippen LogP contribution in [0, 0.1) is 0 Å². The van der Waals surface area contributed by atoms with Crippen molar-refractivity contribution in [2.45, 2.75) is 32.7 Å². The number of benzene rings is 1. The highest BCUT2D eigenvalue weighted by Gasteiger charge is 2.08. The summed E-state index contributed by atoms with van der Waals surface area (Å²) in [5.74, 6) is 1.24. The van der Waals surface area contributed by atoms with E-state index in [0.717, 1.165) is 30.2 Å². The summed E-state index contributed by atoms with van der Waals surface area (Å²) in [5.41, 5.74) is 2.90. The van der Waals surface area contributed by atoms with Crippen LogP contribution in [-0.4, -0.2) is 49.4 Å². The molecule has 0 fully saturated rings. The summed E-state index contributed by atoms with van der Waals surface area (Å²) in [6.45, 7) is 5.74. The van der Waals surface area contributed by atoms with Gasteiger partial charge in [-0.1, -0.05) is 26.0 Å². The summed E-state index contributed by atoms with van der Waals surface area (Å²) in [4.78, 5) is 22.4. The molecule has 0 bridgehead atoms. The number of aromatic nitrogens is 1. The Morgan fingerprint density at radius 1 is 1.21 bits per heavy atom. The lowest BCUT2D eigenvalue weighted by atomic mass is 10.1. The average Bonchev–Trinajstić information content (AvgIpc) is 3.13. The molecule has 2 rings (SSSR count). The fourth-order valence-corrected chi connectivity index (χ4v) is 3.31. The lowest BCUT2D eigenvalue weighted by Gasteiger charge is -2.13. The first-order valence-electron chi connectivity index (χ1n) is 9.10. The van der Waals surface area contributed by atoms with E-state index in [9.17, 15) is 4.79 Å². The molecule has 0 aliphatic heterocycles. The Balaban J connectivity index is 0.00000392. The second kappa shape index (κ2) is 12.0. The number of halogens is 1. The summed E-state index contributed by atoms with van der Waals surface area (Å²) >= 11 is 1.72. The van der Waals surface area contributed by atoms with E-state index in [1.54, 1.807) is 37.4 Å². The van der Waals surface area contributed by atoms with Crippen molar-refractivity contribution in [1.29, 1.82) is 0 Å². The number of aliphatic imine (C=N–C) groups is 1. The summed E-state index contributed by atoms with van der Waals surface area (Å²) in [6, 6.07) is 7.62. The Hall–Kier alpha value is -1.68. The van der Waals surface area contributed by atoms with Gasteiger partial charge in [0.15, 0.2) is 5.96 Å². The number of amides is 1. The molecular formula is C20H30IN5OS. The van der Waals surface area contributed by atoms with Crippen LogP contribution >= 0.6 is 35.3 Å². The molecule has 28 heavy (non-hydrogen) atoms. The van der Waals surface area contributed by atoms with Gasteiger partial charge in [0.25, 0.3) is 5.91 Å². The van der Waals surface area contributed by atoms with Crippen LogP contribution in [0.5, 0.6) is 0 Å². The van der Waals surface area contributed by atoms with Crippen LogP contribution in [0.1, 0.15) is 46.4 Å². The van der Waals surface area contributed by atoms with Crippen molar-refractivity contribution < 1.29 is 4.79 Å². The predicted molar refractivity (Wildman–Crippen MR) is 128 cm³/mol. The lowest BCUT2D eigenvalue weighted by Crippen LogP contribution is -2.37. The van der Waals surface area contributed by atoms with Gasteiger partial charge >= 0.3 is 0 Å². The maximum Gasteiger partial charge on any atom is 0.253 e. The fraction of sp³-hybridized carbons (Fsp3) is 0.450. The van der Waals surface area contributed by atoms with E-state index in [0.29, 0.717) is 18.0 Å². The van der Waals surface area contributed by atoms with E-state index >= 15 is 0 Å². The number of carbonyl (C=O) groups excluding carboxylic acids is 1. The molecule has 0 radical (unpaired) electrons. The predicted octanol–water partition coefficient (Wildman–Crippen LogP) is 3.49. The molecule has 0 aliphatic carbocycles. The molecule has 1 aromatic carbocycles. The Bertz CT molecular complexity index is 771. The third-order valence-electron chi connectivity index (χ3n) is 4.03. The van der Waals surface area contributed by atoms with E-state index in [2.05, 4.69) is 39.8 Å². The third-order valence-corrected chi connectivity index (χ3v) is 5.22. The number of thiazole rings is 1. The Labute approximate surface area is 188 Å². The zero-order valence-corrected chi connectivity index (χ0v) is 20.3. The van der Waals surface area contributed by atoms with Gasteiger partial charge in [0.2, 0.25) is 0 Å². The largest absolute Gasteiger partial charge is 0.356 e. The number of hydrogen-bond donors (Lipinski definition) is 2. The maximum absolute atomic E-state index is 11.9. The summed E-state index contributed by atoms with van der Waals surface area (Å²) in [6.07, 6.45) is 0.866. The summed E-state index contributed by atoms with van der Waals surface area (Å²) in [7, 11) is 5.26. The molecule has 1 amide bonds. The first-order valence-corrected chi connectivity index (χ1v) is 9.98. The smallest absolute Gasteiger partial charge is 0.253 e. The van der Waals surface area contributed by atoms with Crippen LogP contribution in [-0.2, 0) is 13.0 Å². The van der Waals surface area contributed by atoms with Gasteiger partial charge in [0, 0.05) is 57.5 Å². The van der Waals surface area contributed by atoms with Crippen LogP contribution in [0.2, 0.25) is 0 Å². The second-order valence-electron chi connectivity index (χ2n) is 6.83. The minimum atomic E-state index is 0. The molecule has 2 N–H and O–H groups in total. The highest BCUT2D eigenvalue weighted by atomic mass is 127. The average molecular weight is 515 g/mol. The van der Waals surface area contributed by atoms with Crippen molar-refractivity contribution in [2.24, 2.45) is 4.99 Å². The molecule has 0 spiro atoms. The van der Waals surface area contributed by atoms with Crippen molar-refractivity contribution >= 4 is 47.2 Å². The molecular weight excluding hydrogens is 485 g/mol. The van der Waals surface area contributed by atoms with Gasteiger partial charge in [-0.15, -0.1) is 35.3 Å². The van der Waals surface area contributed by atoms with Crippen LogP contribution in [0.4, 0.5) is 0 Å². The van der Waals surface area contributed by atoms with E-state index in [1.807, 2.05) is 24.3 Å². The van der Waals surface area contributed by atoms with Crippen LogP contribution in [0.15, 0.2) is 34.6 Å². The van der Waals surface area contributed by atoms with E-state index in [4.69, 9.17) is 0 Å². The molecule has 8 heteroatoms. The molecule has 0 unspecified atom stereocenters. The van der Waals surface area contributed by atoms with Crippen molar-refractivity contribution in [3.8, 4) is 0 Å². The van der Waals surface area contributed by atoms with Crippen molar-refractivity contribution in [2.75, 3.05) is 27.7 Å². The number of guanidine groups is 1. The Morgan fingerprint density at radius 2 is 1.89 bits per heavy atom. The molecule has 0 atom stereocenters. The Morgan fingerprint density at radius 3 is 2.43 bits per heavy atom. The van der Waals surface area contributed by atoms with Gasteiger partial charge in [-0.3, -0.25) is 9.79 Å². The van der Waals surface area contributed by atoms with Crippen LogP contribution in [0.25, 0.3) is 0 Å². The number of rotatable bonds is 7. The molecule has 2 aromatic rings. The van der Waals surface area contributed by atoms with Crippen LogP contribution in [0.3, 0.4) is 0 Å². The first kappa shape index (κ1) is 24.4. The number of nitrogens with zero attached hydrogens (tertiary/aromatic N) is 3. The van der Waals surface area contributed by atoms with E-state index in [1.165, 1.54) is 5.01 Å². The van der Waals surface area contributed by atoms with Crippen molar-refractivity contribution in [3.63, 3.8) is 0 Å². The Kier molecular flexibility index (Phi) is 10.4. The first-order chi connectivity index (χ1) is 12.9. The molecule has 1 aromatic heterocycles. The van der Waals surface area contributed by atoms with Crippen molar-refractivity contribution in [1.82, 2.24) is 20.5 Å². The third kappa shape index (κ3) is 7.38. The molecule has 0 saturated carbocycles. The number of hydrogen-bond acceptors (Lipinski definition) is 4. The highest BCUT2D eigenvalue weighted by Crippen LogP contribution is 2.19. The highest BCUT2D eigenvalue weighted by molar-refractivity contribution is 14.0. The molecule has 154 valence electrons. The maximum atomic E-state index is 11.9. The fourth-order valence-electron chi connectivity index (χ4n) is 2.44. The van der Waals surface area contributed by atoms with Gasteiger partial charge in [0.1, 0.15) is 0 Å². The standard InChI is InChI=1S/C20H29N5OS.HI/c1-14(2)18-24-17(13-27-18)10-11-22-20(21-3)23-12-15-6-8-16(9-7-15)19(26)25(4)5;/h6-9,13-14H,10-12H2,1-5H3,(H2,21,22,23);1H. The monoisotopic (exact) mass is 515 g/mol. The van der Waals surface area contributed by atoms with Gasteiger partial charge in [-0.2, -0.15) is 0 Å². The van der Waals surface area contributed by atoms with E-state index in [-0.39, 0.29) is 29.9 Å². The molecule has 0 saturated heterocycles. The van der Waals surface area contributed by atoms with Gasteiger partial charge < -0.3 is 15.5 Å². The van der Waals surface area contributed by atoms with Crippen LogP contribution < -0.4 is 10.6 Å². The normalized spacial score (nSPS) is 11.1. The zero-order chi connectivity index (χ0) is 19.8. The summed E-state index contributed by atoms with van der Waals surface area (Å²) < 4.78 is 0. The molecule has 6 nitrogen and oxygen atoms in total. The SMILES string of the molecule is CN=C(NCCc1csc(C(C)C)n1)NCc1ccc(C(=O)N(C)C)cc1.I. The minimum Gasteiger partial charge on any atom is -0.356 e. The lowest BCUT2D eigenvalue weighted by molar-refractivity contribution is 0.0827. The quantitative estimate of drug-likeness (QED) is 0.337. The summed E-state index contributed by atoms with van der Waals surface area (Å²) in [5, 5.41) is 9.92. The minimum absolute atomic E-state index is 0. The molecule has 0 aliphatic rings. The topological polar surface area (TPSA) is 69.6 Å². The van der Waals surface area contributed by atoms with Gasteiger partial charge in [-0.25, -0.2) is 4.98 Å². The van der Waals surface area contributed by atoms with Gasteiger partial charge in [0.05, 0.1) is 10.7 Å². The number of carbonyl (C=O) groups is 1.